The van der Waals surface area contributed by atoms with Crippen molar-refractivity contribution in [3.63, 3.8) is 0 Å². The van der Waals surface area contributed by atoms with Crippen LogP contribution in [-0.2, 0) is 16.0 Å². The number of benzene rings is 1. The molecule has 1 aromatic carbocycles. The molecule has 3 rings (SSSR count). The van der Waals surface area contributed by atoms with Gasteiger partial charge in [-0.25, -0.2) is 8.78 Å². The highest BCUT2D eigenvalue weighted by Gasteiger charge is 2.83. The summed E-state index contributed by atoms with van der Waals surface area (Å²) in [6, 6.07) is 5.22. The van der Waals surface area contributed by atoms with Crippen molar-refractivity contribution in [3.8, 4) is 6.07 Å². The van der Waals surface area contributed by atoms with Crippen LogP contribution >= 0.6 is 0 Å². The average molecular weight is 362 g/mol. The number of carboxylic acid groups (broad SMARTS) is 1. The molecule has 5 atom stereocenters. The molecule has 2 saturated carbocycles. The maximum absolute atomic E-state index is 13.5. The number of nitrogens with two attached hydrogens (primary N) is 1. The normalized spacial score (nSPS) is 34.8. The van der Waals surface area contributed by atoms with E-state index in [-0.39, 0.29) is 18.9 Å². The Balaban J connectivity index is 2.05. The number of nitrogens with zero attached hydrogens (tertiary/aromatic N) is 1. The molecule has 0 radical (unpaired) electrons. The number of carboxylic acids is 1. The largest absolute Gasteiger partial charge is 0.481 e. The summed E-state index contributed by atoms with van der Waals surface area (Å²) in [5.74, 6) is -4.56. The molecule has 5 unspecified atom stereocenters. The van der Waals surface area contributed by atoms with Crippen LogP contribution in [0.3, 0.4) is 0 Å². The van der Waals surface area contributed by atoms with E-state index in [1.165, 1.54) is 12.1 Å². The Hall–Kier alpha value is -2.33. The highest BCUT2D eigenvalue weighted by molar-refractivity contribution is 5.94. The summed E-state index contributed by atoms with van der Waals surface area (Å²) < 4.78 is 27.1. The minimum absolute atomic E-state index is 0.124. The van der Waals surface area contributed by atoms with E-state index >= 15 is 0 Å². The zero-order valence-corrected chi connectivity index (χ0v) is 14.3. The number of ketones is 1. The lowest BCUT2D eigenvalue weighted by atomic mass is 9.61. The molecule has 138 valence electrons. The first-order valence-corrected chi connectivity index (χ1v) is 8.60. The summed E-state index contributed by atoms with van der Waals surface area (Å²) in [5, 5.41) is 19.5. The lowest BCUT2D eigenvalue weighted by Crippen LogP contribution is -2.48. The molecule has 0 heterocycles. The smallest absolute Gasteiger partial charge is 0.307 e. The number of hydrogen-bond donors (Lipinski definition) is 2. The third-order valence-corrected chi connectivity index (χ3v) is 6.45. The number of aliphatic carboxylic acids is 1. The number of fused-ring (bicyclic) bond motifs is 1. The fraction of sp³-hybridized carbons (Fsp3) is 0.526. The van der Waals surface area contributed by atoms with Crippen LogP contribution in [0, 0.1) is 51.5 Å². The van der Waals surface area contributed by atoms with Crippen LogP contribution in [0.25, 0.3) is 0 Å². The predicted molar refractivity (Wildman–Crippen MR) is 87.6 cm³/mol. The fourth-order valence-corrected chi connectivity index (χ4v) is 5.58. The number of hydrogen-bond acceptors (Lipinski definition) is 4. The summed E-state index contributed by atoms with van der Waals surface area (Å²) in [5.41, 5.74) is 3.40. The van der Waals surface area contributed by atoms with Crippen molar-refractivity contribution in [1.29, 1.82) is 5.26 Å². The topological polar surface area (TPSA) is 104 Å². The highest BCUT2D eigenvalue weighted by Crippen LogP contribution is 2.79. The summed E-state index contributed by atoms with van der Waals surface area (Å²) in [7, 11) is 0. The zero-order chi connectivity index (χ0) is 19.3. The van der Waals surface area contributed by atoms with Crippen LogP contribution < -0.4 is 5.73 Å². The molecule has 2 aliphatic carbocycles. The average Bonchev–Trinajstić information content (AvgIpc) is 3.15. The Morgan fingerprint density at radius 2 is 1.96 bits per heavy atom. The molecule has 0 bridgehead atoms. The molecular weight excluding hydrogens is 342 g/mol. The number of Topliss-reactive ketones (excluding diaryl/α,β-unsaturated/α-hetero) is 1. The lowest BCUT2D eigenvalue weighted by molar-refractivity contribution is -0.142. The molecular formula is C19H20F2N2O3. The number of carbonyl (C=O) groups excluding carboxylic acids is 1. The Bertz CT molecular complexity index is 801. The maximum atomic E-state index is 13.5. The number of rotatable bonds is 6. The van der Waals surface area contributed by atoms with Crippen LogP contribution in [0.4, 0.5) is 8.78 Å². The zero-order valence-electron chi connectivity index (χ0n) is 14.3. The highest BCUT2D eigenvalue weighted by atomic mass is 19.1. The number of nitriles is 1. The molecule has 2 fully saturated rings. The van der Waals surface area contributed by atoms with Gasteiger partial charge in [0.05, 0.1) is 18.5 Å². The van der Waals surface area contributed by atoms with E-state index in [9.17, 15) is 28.7 Å². The van der Waals surface area contributed by atoms with Crippen LogP contribution in [0.5, 0.6) is 0 Å². The molecule has 7 heteroatoms. The predicted octanol–water partition coefficient (Wildman–Crippen LogP) is 2.29. The first-order chi connectivity index (χ1) is 12.3. The van der Waals surface area contributed by atoms with Crippen molar-refractivity contribution < 1.29 is 23.5 Å². The molecule has 0 aromatic heterocycles. The fourth-order valence-electron chi connectivity index (χ4n) is 5.58. The Morgan fingerprint density at radius 3 is 2.42 bits per heavy atom. The Labute approximate surface area is 149 Å². The summed E-state index contributed by atoms with van der Waals surface area (Å²) in [6.45, 7) is 1.40. The van der Waals surface area contributed by atoms with Crippen molar-refractivity contribution in [2.75, 3.05) is 6.54 Å². The van der Waals surface area contributed by atoms with Gasteiger partial charge < -0.3 is 10.8 Å². The standard InChI is InChI=1S/C19H20F2N2O3/c1-2-18-14(16(18)17(25)26)6-11(19(18,9-23)15(24)8-22)3-10-4-12(20)7-13(21)5-10/h4-5,7,11,14,16H,2-3,6,8,22H2,1H3,(H,25,26). The maximum Gasteiger partial charge on any atom is 0.307 e. The molecule has 0 aliphatic heterocycles. The van der Waals surface area contributed by atoms with Gasteiger partial charge in [-0.1, -0.05) is 6.92 Å². The van der Waals surface area contributed by atoms with E-state index in [0.29, 0.717) is 18.4 Å². The molecule has 1 aromatic rings. The molecule has 3 N–H and O–H groups in total. The van der Waals surface area contributed by atoms with Gasteiger partial charge in [0.25, 0.3) is 0 Å². The molecule has 0 spiro atoms. The third-order valence-electron chi connectivity index (χ3n) is 6.45. The van der Waals surface area contributed by atoms with E-state index in [0.717, 1.165) is 6.07 Å². The lowest BCUT2D eigenvalue weighted by Gasteiger charge is -2.37. The Morgan fingerprint density at radius 1 is 1.35 bits per heavy atom. The van der Waals surface area contributed by atoms with Gasteiger partial charge in [0, 0.05) is 11.5 Å². The van der Waals surface area contributed by atoms with Crippen molar-refractivity contribution in [3.05, 3.63) is 35.4 Å². The van der Waals surface area contributed by atoms with Gasteiger partial charge in [-0.2, -0.15) is 5.26 Å². The first-order valence-electron chi connectivity index (χ1n) is 8.60. The van der Waals surface area contributed by atoms with Crippen LogP contribution in [0.2, 0.25) is 0 Å². The van der Waals surface area contributed by atoms with E-state index in [1.54, 1.807) is 6.92 Å². The first kappa shape index (κ1) is 18.5. The van der Waals surface area contributed by atoms with Gasteiger partial charge in [0.2, 0.25) is 0 Å². The van der Waals surface area contributed by atoms with E-state index in [1.807, 2.05) is 0 Å². The van der Waals surface area contributed by atoms with Crippen molar-refractivity contribution in [2.24, 2.45) is 34.3 Å². The second-order valence-corrected chi connectivity index (χ2v) is 7.28. The van der Waals surface area contributed by atoms with Gasteiger partial charge >= 0.3 is 5.97 Å². The second kappa shape index (κ2) is 6.13. The van der Waals surface area contributed by atoms with Crippen LogP contribution in [0.15, 0.2) is 18.2 Å². The van der Waals surface area contributed by atoms with Gasteiger partial charge in [-0.3, -0.25) is 9.59 Å². The van der Waals surface area contributed by atoms with E-state index in [2.05, 4.69) is 6.07 Å². The van der Waals surface area contributed by atoms with Crippen LogP contribution in [0.1, 0.15) is 25.3 Å². The van der Waals surface area contributed by atoms with Gasteiger partial charge in [0.15, 0.2) is 5.78 Å². The quantitative estimate of drug-likeness (QED) is 0.808. The number of carbonyl (C=O) groups is 2. The minimum atomic E-state index is -1.55. The summed E-state index contributed by atoms with van der Waals surface area (Å²) in [6.07, 6.45) is 0.836. The van der Waals surface area contributed by atoms with Crippen molar-refractivity contribution in [2.45, 2.75) is 26.2 Å². The van der Waals surface area contributed by atoms with Crippen molar-refractivity contribution in [1.82, 2.24) is 0 Å². The van der Waals surface area contributed by atoms with E-state index < -0.39 is 46.1 Å². The Kier molecular flexibility index (Phi) is 4.35. The number of halogens is 2. The molecule has 26 heavy (non-hydrogen) atoms. The van der Waals surface area contributed by atoms with Gasteiger partial charge in [-0.05, 0) is 48.8 Å². The molecule has 5 nitrogen and oxygen atoms in total. The van der Waals surface area contributed by atoms with Gasteiger partial charge in [-0.15, -0.1) is 0 Å². The molecule has 2 aliphatic rings. The third kappa shape index (κ3) is 2.21. The monoisotopic (exact) mass is 362 g/mol. The van der Waals surface area contributed by atoms with Crippen molar-refractivity contribution >= 4 is 11.8 Å². The summed E-state index contributed by atoms with van der Waals surface area (Å²) >= 11 is 0. The molecule has 0 saturated heterocycles. The second-order valence-electron chi connectivity index (χ2n) is 7.28. The molecule has 0 amide bonds. The summed E-state index contributed by atoms with van der Waals surface area (Å²) in [4.78, 5) is 24.4. The van der Waals surface area contributed by atoms with Gasteiger partial charge in [0.1, 0.15) is 17.0 Å². The van der Waals surface area contributed by atoms with Crippen LogP contribution in [-0.4, -0.2) is 23.4 Å². The van der Waals surface area contributed by atoms with E-state index in [4.69, 9.17) is 5.73 Å². The SMILES string of the molecule is CCC12C(CC(Cc3cc(F)cc(F)c3)C1(C#N)C(=O)CN)C2C(=O)O. The minimum Gasteiger partial charge on any atom is -0.481 e.